The van der Waals surface area contributed by atoms with Gasteiger partial charge < -0.3 is 4.90 Å². The third-order valence-corrected chi connectivity index (χ3v) is 5.98. The van der Waals surface area contributed by atoms with Gasteiger partial charge in [-0.25, -0.2) is 0 Å². The van der Waals surface area contributed by atoms with Crippen molar-refractivity contribution in [2.75, 3.05) is 0 Å². The summed E-state index contributed by atoms with van der Waals surface area (Å²) in [6, 6.07) is 2.57. The molecule has 1 spiro atoms. The maximum atomic E-state index is 12.9. The van der Waals surface area contributed by atoms with Gasteiger partial charge in [-0.3, -0.25) is 10.1 Å². The van der Waals surface area contributed by atoms with Crippen LogP contribution in [0.1, 0.15) is 57.7 Å². The summed E-state index contributed by atoms with van der Waals surface area (Å²) in [6.07, 6.45) is 5.65. The minimum Gasteiger partial charge on any atom is -0.318 e. The molecule has 1 amide bonds. The van der Waals surface area contributed by atoms with Gasteiger partial charge in [0.2, 0.25) is 5.91 Å². The van der Waals surface area contributed by atoms with Gasteiger partial charge in [-0.2, -0.15) is 11.3 Å². The van der Waals surface area contributed by atoms with Crippen LogP contribution in [0, 0.1) is 5.41 Å². The van der Waals surface area contributed by atoms with Crippen molar-refractivity contribution in [2.45, 2.75) is 63.7 Å². The van der Waals surface area contributed by atoms with Crippen LogP contribution in [-0.4, -0.2) is 22.4 Å². The minimum absolute atomic E-state index is 0.107. The molecule has 2 saturated carbocycles. The van der Waals surface area contributed by atoms with Crippen molar-refractivity contribution in [1.82, 2.24) is 10.2 Å². The average molecular weight is 290 g/mol. The van der Waals surface area contributed by atoms with Crippen molar-refractivity contribution in [2.24, 2.45) is 5.41 Å². The Balaban J connectivity index is 1.66. The fraction of sp³-hybridized carbons (Fsp3) is 0.688. The zero-order valence-electron chi connectivity index (χ0n) is 12.2. The summed E-state index contributed by atoms with van der Waals surface area (Å²) in [5.74, 6) is 0.358. The van der Waals surface area contributed by atoms with Crippen molar-refractivity contribution in [3.05, 3.63) is 22.4 Å². The summed E-state index contributed by atoms with van der Waals surface area (Å²) in [5.41, 5.74) is 1.43. The molecule has 2 unspecified atom stereocenters. The van der Waals surface area contributed by atoms with E-state index in [1.54, 1.807) is 11.3 Å². The summed E-state index contributed by atoms with van der Waals surface area (Å²) in [7, 11) is 0. The largest absolute Gasteiger partial charge is 0.318 e. The van der Waals surface area contributed by atoms with Crippen LogP contribution in [-0.2, 0) is 4.79 Å². The number of nitrogens with zero attached hydrogens (tertiary/aromatic N) is 1. The Hall–Kier alpha value is -0.870. The topological polar surface area (TPSA) is 32.3 Å². The number of hydrogen-bond donors (Lipinski definition) is 1. The molecule has 0 aromatic carbocycles. The van der Waals surface area contributed by atoms with Crippen LogP contribution in [0.4, 0.5) is 0 Å². The maximum absolute atomic E-state index is 12.9. The second-order valence-corrected chi connectivity index (χ2v) is 8.24. The predicted molar refractivity (Wildman–Crippen MR) is 80.4 cm³/mol. The van der Waals surface area contributed by atoms with Crippen LogP contribution in [0.5, 0.6) is 0 Å². The highest BCUT2D eigenvalue weighted by molar-refractivity contribution is 7.08. The van der Waals surface area contributed by atoms with Gasteiger partial charge in [-0.15, -0.1) is 0 Å². The van der Waals surface area contributed by atoms with Crippen LogP contribution in [0.25, 0.3) is 0 Å². The number of thiophene rings is 1. The van der Waals surface area contributed by atoms with Gasteiger partial charge in [-0.1, -0.05) is 13.8 Å². The van der Waals surface area contributed by atoms with E-state index in [1.807, 2.05) is 0 Å². The molecular weight excluding hydrogens is 268 g/mol. The standard InChI is InChI=1S/C16H22N2OS/c1-15(2)5-3-12(9-15)18-13(11-4-8-20-10-11)17-16(6-7-16)14(18)19/h4,8,10,12-13,17H,3,5-7,9H2,1-2H3. The van der Waals surface area contributed by atoms with E-state index in [0.29, 0.717) is 17.4 Å². The molecular formula is C16H22N2OS. The first kappa shape index (κ1) is 12.8. The highest BCUT2D eigenvalue weighted by Gasteiger charge is 2.61. The molecule has 3 nitrogen and oxygen atoms in total. The Labute approximate surface area is 124 Å². The average Bonchev–Trinajstić information content (AvgIpc) is 2.75. The number of carbonyl (C=O) groups is 1. The minimum atomic E-state index is -0.209. The lowest BCUT2D eigenvalue weighted by Gasteiger charge is -2.31. The van der Waals surface area contributed by atoms with Crippen molar-refractivity contribution in [1.29, 1.82) is 0 Å². The lowest BCUT2D eigenvalue weighted by molar-refractivity contribution is -0.133. The molecule has 4 rings (SSSR count). The molecule has 108 valence electrons. The maximum Gasteiger partial charge on any atom is 0.244 e. The summed E-state index contributed by atoms with van der Waals surface area (Å²) in [4.78, 5) is 15.0. The summed E-state index contributed by atoms with van der Waals surface area (Å²) >= 11 is 1.71. The third kappa shape index (κ3) is 1.85. The summed E-state index contributed by atoms with van der Waals surface area (Å²) in [5, 5.41) is 7.92. The number of carbonyl (C=O) groups excluding carboxylic acids is 1. The molecule has 1 aromatic rings. The van der Waals surface area contributed by atoms with E-state index < -0.39 is 0 Å². The number of amides is 1. The van der Waals surface area contributed by atoms with Gasteiger partial charge in [0.05, 0.1) is 0 Å². The smallest absolute Gasteiger partial charge is 0.244 e. The fourth-order valence-corrected chi connectivity index (χ4v) is 4.61. The zero-order chi connectivity index (χ0) is 14.0. The monoisotopic (exact) mass is 290 g/mol. The van der Waals surface area contributed by atoms with E-state index in [2.05, 4.69) is 40.9 Å². The molecule has 0 radical (unpaired) electrons. The van der Waals surface area contributed by atoms with Crippen molar-refractivity contribution in [3.8, 4) is 0 Å². The Morgan fingerprint density at radius 1 is 1.35 bits per heavy atom. The normalized spacial score (nSPS) is 34.1. The van der Waals surface area contributed by atoms with E-state index in [0.717, 1.165) is 25.7 Å². The lowest BCUT2D eigenvalue weighted by atomic mass is 9.91. The van der Waals surface area contributed by atoms with Gasteiger partial charge in [0.1, 0.15) is 11.7 Å². The lowest BCUT2D eigenvalue weighted by Crippen LogP contribution is -2.39. The first-order chi connectivity index (χ1) is 9.51. The Morgan fingerprint density at radius 3 is 2.70 bits per heavy atom. The van der Waals surface area contributed by atoms with Crippen LogP contribution in [0.3, 0.4) is 0 Å². The quantitative estimate of drug-likeness (QED) is 0.906. The highest BCUT2D eigenvalue weighted by Crippen LogP contribution is 2.50. The molecule has 1 N–H and O–H groups in total. The van der Waals surface area contributed by atoms with Crippen LogP contribution in [0.15, 0.2) is 16.8 Å². The van der Waals surface area contributed by atoms with Gasteiger partial charge >= 0.3 is 0 Å². The first-order valence-corrected chi connectivity index (χ1v) is 8.58. The third-order valence-electron chi connectivity index (χ3n) is 5.28. The Morgan fingerprint density at radius 2 is 2.15 bits per heavy atom. The highest BCUT2D eigenvalue weighted by atomic mass is 32.1. The van der Waals surface area contributed by atoms with Crippen LogP contribution >= 0.6 is 11.3 Å². The molecule has 2 atom stereocenters. The van der Waals surface area contributed by atoms with Gasteiger partial charge in [-0.05, 0) is 59.9 Å². The second-order valence-electron chi connectivity index (χ2n) is 7.46. The van der Waals surface area contributed by atoms with E-state index in [1.165, 1.54) is 12.0 Å². The number of rotatable bonds is 2. The molecule has 4 heteroatoms. The van der Waals surface area contributed by atoms with Gasteiger partial charge in [0.25, 0.3) is 0 Å². The molecule has 3 aliphatic rings. The van der Waals surface area contributed by atoms with E-state index in [9.17, 15) is 4.79 Å². The molecule has 20 heavy (non-hydrogen) atoms. The molecule has 1 aliphatic heterocycles. The first-order valence-electron chi connectivity index (χ1n) is 7.63. The van der Waals surface area contributed by atoms with Crippen molar-refractivity contribution < 1.29 is 4.79 Å². The molecule has 2 heterocycles. The SMILES string of the molecule is CC1(C)CCC(N2C(=O)C3(CC3)NC2c2ccsc2)C1. The molecule has 2 aliphatic carbocycles. The van der Waals surface area contributed by atoms with Crippen molar-refractivity contribution >= 4 is 17.2 Å². The zero-order valence-corrected chi connectivity index (χ0v) is 13.0. The number of nitrogens with one attached hydrogen (secondary N) is 1. The Kier molecular flexibility index (Phi) is 2.62. The summed E-state index contributed by atoms with van der Waals surface area (Å²) < 4.78 is 0. The molecule has 1 aromatic heterocycles. The van der Waals surface area contributed by atoms with E-state index >= 15 is 0 Å². The molecule has 1 saturated heterocycles. The molecule has 0 bridgehead atoms. The van der Waals surface area contributed by atoms with Crippen LogP contribution in [0.2, 0.25) is 0 Å². The van der Waals surface area contributed by atoms with Gasteiger partial charge in [0, 0.05) is 6.04 Å². The van der Waals surface area contributed by atoms with Gasteiger partial charge in [0.15, 0.2) is 0 Å². The Bertz CT molecular complexity index is 533. The van der Waals surface area contributed by atoms with Crippen LogP contribution < -0.4 is 5.32 Å². The predicted octanol–water partition coefficient (Wildman–Crippen LogP) is 3.29. The fourth-order valence-electron chi connectivity index (χ4n) is 3.93. The summed E-state index contributed by atoms with van der Waals surface area (Å²) in [6.45, 7) is 4.65. The molecule has 3 fully saturated rings. The van der Waals surface area contributed by atoms with E-state index in [-0.39, 0.29) is 11.7 Å². The van der Waals surface area contributed by atoms with E-state index in [4.69, 9.17) is 0 Å². The number of hydrogen-bond acceptors (Lipinski definition) is 3. The van der Waals surface area contributed by atoms with Crippen molar-refractivity contribution in [3.63, 3.8) is 0 Å². The second kappa shape index (κ2) is 4.08.